The normalized spacial score (nSPS) is 22.4. The van der Waals surface area contributed by atoms with Gasteiger partial charge in [0.25, 0.3) is 0 Å². The maximum absolute atomic E-state index is 8.91. The van der Waals surface area contributed by atoms with Crippen molar-refractivity contribution in [3.63, 3.8) is 0 Å². The third-order valence-corrected chi connectivity index (χ3v) is 3.77. The van der Waals surface area contributed by atoms with E-state index in [4.69, 9.17) is 10.00 Å². The molecular formula is C15H20N2O. The van der Waals surface area contributed by atoms with Crippen LogP contribution in [0.1, 0.15) is 36.6 Å². The van der Waals surface area contributed by atoms with Gasteiger partial charge in [-0.3, -0.25) is 4.90 Å². The zero-order valence-corrected chi connectivity index (χ0v) is 11.3. The molecule has 0 radical (unpaired) electrons. The van der Waals surface area contributed by atoms with Gasteiger partial charge in [0.1, 0.15) is 0 Å². The van der Waals surface area contributed by atoms with Crippen LogP contribution in [0.15, 0.2) is 18.2 Å². The van der Waals surface area contributed by atoms with E-state index in [1.54, 1.807) is 0 Å². The van der Waals surface area contributed by atoms with Crippen LogP contribution in [0.5, 0.6) is 0 Å². The zero-order chi connectivity index (χ0) is 13.1. The van der Waals surface area contributed by atoms with Gasteiger partial charge in [0.2, 0.25) is 0 Å². The summed E-state index contributed by atoms with van der Waals surface area (Å²) in [6.07, 6.45) is 0. The maximum Gasteiger partial charge on any atom is 0.0991 e. The summed E-state index contributed by atoms with van der Waals surface area (Å²) in [7, 11) is 0. The smallest absolute Gasteiger partial charge is 0.0991 e. The van der Waals surface area contributed by atoms with E-state index < -0.39 is 0 Å². The van der Waals surface area contributed by atoms with Gasteiger partial charge < -0.3 is 4.74 Å². The lowest BCUT2D eigenvalue weighted by molar-refractivity contribution is -0.0191. The standard InChI is InChI=1S/C15H20N2O/c1-11-8-14(9-16)4-5-15(11)13(3)17-6-7-18-10-12(17)2/h4-5,8,12-13H,6-7,10H2,1-3H3/t12-,13?/m0/s1. The Morgan fingerprint density at radius 1 is 1.50 bits per heavy atom. The van der Waals surface area contributed by atoms with E-state index >= 15 is 0 Å². The fourth-order valence-corrected chi connectivity index (χ4v) is 2.71. The Morgan fingerprint density at radius 3 is 2.89 bits per heavy atom. The molecule has 1 heterocycles. The average Bonchev–Trinajstić information content (AvgIpc) is 2.38. The van der Waals surface area contributed by atoms with Gasteiger partial charge in [0.05, 0.1) is 24.8 Å². The van der Waals surface area contributed by atoms with Crippen LogP contribution in [0.4, 0.5) is 0 Å². The molecule has 2 atom stereocenters. The lowest BCUT2D eigenvalue weighted by Crippen LogP contribution is -2.44. The molecule has 2 rings (SSSR count). The summed E-state index contributed by atoms with van der Waals surface area (Å²) in [5, 5.41) is 8.91. The van der Waals surface area contributed by atoms with E-state index in [1.807, 2.05) is 12.1 Å². The highest BCUT2D eigenvalue weighted by atomic mass is 16.5. The molecule has 0 N–H and O–H groups in total. The first-order valence-corrected chi connectivity index (χ1v) is 6.47. The van der Waals surface area contributed by atoms with Gasteiger partial charge in [-0.25, -0.2) is 0 Å². The average molecular weight is 244 g/mol. The Kier molecular flexibility index (Phi) is 4.00. The molecular weight excluding hydrogens is 224 g/mol. The predicted octanol–water partition coefficient (Wildman–Crippen LogP) is 2.65. The lowest BCUT2D eigenvalue weighted by atomic mass is 9.98. The van der Waals surface area contributed by atoms with Crippen molar-refractivity contribution in [3.8, 4) is 6.07 Å². The van der Waals surface area contributed by atoms with Gasteiger partial charge in [-0.2, -0.15) is 5.26 Å². The maximum atomic E-state index is 8.91. The highest BCUT2D eigenvalue weighted by Gasteiger charge is 2.25. The lowest BCUT2D eigenvalue weighted by Gasteiger charge is -2.38. The summed E-state index contributed by atoms with van der Waals surface area (Å²) in [6.45, 7) is 9.11. The van der Waals surface area contributed by atoms with E-state index in [2.05, 4.69) is 37.8 Å². The monoisotopic (exact) mass is 244 g/mol. The molecule has 1 saturated heterocycles. The number of ether oxygens (including phenoxy) is 1. The number of hydrogen-bond acceptors (Lipinski definition) is 3. The Bertz CT molecular complexity index is 464. The van der Waals surface area contributed by atoms with E-state index in [-0.39, 0.29) is 0 Å². The van der Waals surface area contributed by atoms with Crippen molar-refractivity contribution >= 4 is 0 Å². The number of benzene rings is 1. The van der Waals surface area contributed by atoms with E-state index in [0.29, 0.717) is 12.1 Å². The molecule has 3 nitrogen and oxygen atoms in total. The molecule has 1 fully saturated rings. The second kappa shape index (κ2) is 5.51. The van der Waals surface area contributed by atoms with Gasteiger partial charge in [-0.05, 0) is 44.0 Å². The number of aryl methyl sites for hydroxylation is 1. The number of nitriles is 1. The molecule has 1 aromatic carbocycles. The number of hydrogen-bond donors (Lipinski definition) is 0. The van der Waals surface area contributed by atoms with Crippen LogP contribution in [0.3, 0.4) is 0 Å². The van der Waals surface area contributed by atoms with Crippen molar-refractivity contribution in [3.05, 3.63) is 34.9 Å². The minimum atomic E-state index is 0.372. The second-order valence-electron chi connectivity index (χ2n) is 5.02. The van der Waals surface area contributed by atoms with Crippen LogP contribution < -0.4 is 0 Å². The first-order valence-electron chi connectivity index (χ1n) is 6.47. The Hall–Kier alpha value is -1.37. The van der Waals surface area contributed by atoms with Crippen molar-refractivity contribution in [2.24, 2.45) is 0 Å². The number of morpholine rings is 1. The Balaban J connectivity index is 2.22. The highest BCUT2D eigenvalue weighted by Crippen LogP contribution is 2.27. The summed E-state index contributed by atoms with van der Waals surface area (Å²) < 4.78 is 5.48. The quantitative estimate of drug-likeness (QED) is 0.802. The van der Waals surface area contributed by atoms with Crippen molar-refractivity contribution in [2.75, 3.05) is 19.8 Å². The summed E-state index contributed by atoms with van der Waals surface area (Å²) in [5.41, 5.74) is 3.24. The molecule has 0 amide bonds. The Labute approximate surface area is 109 Å². The fraction of sp³-hybridized carbons (Fsp3) is 0.533. The molecule has 0 bridgehead atoms. The summed E-state index contributed by atoms with van der Waals surface area (Å²) in [6, 6.07) is 8.97. The van der Waals surface area contributed by atoms with Crippen LogP contribution in [0.2, 0.25) is 0 Å². The molecule has 18 heavy (non-hydrogen) atoms. The molecule has 3 heteroatoms. The van der Waals surface area contributed by atoms with Gasteiger partial charge in [0, 0.05) is 18.6 Å². The second-order valence-corrected chi connectivity index (χ2v) is 5.02. The first kappa shape index (κ1) is 13.1. The highest BCUT2D eigenvalue weighted by molar-refractivity contribution is 5.38. The minimum Gasteiger partial charge on any atom is -0.379 e. The fourth-order valence-electron chi connectivity index (χ4n) is 2.71. The molecule has 96 valence electrons. The van der Waals surface area contributed by atoms with E-state index in [1.165, 1.54) is 11.1 Å². The van der Waals surface area contributed by atoms with Crippen LogP contribution in [0.25, 0.3) is 0 Å². The van der Waals surface area contributed by atoms with E-state index in [9.17, 15) is 0 Å². The van der Waals surface area contributed by atoms with E-state index in [0.717, 1.165) is 25.3 Å². The molecule has 0 aliphatic carbocycles. The molecule has 0 aromatic heterocycles. The minimum absolute atomic E-state index is 0.372. The van der Waals surface area contributed by atoms with Gasteiger partial charge in [-0.1, -0.05) is 6.07 Å². The number of rotatable bonds is 2. The molecule has 1 aliphatic heterocycles. The molecule has 0 spiro atoms. The van der Waals surface area contributed by atoms with Crippen LogP contribution in [-0.4, -0.2) is 30.7 Å². The number of nitrogens with zero attached hydrogens (tertiary/aromatic N) is 2. The molecule has 0 saturated carbocycles. The van der Waals surface area contributed by atoms with Crippen LogP contribution in [-0.2, 0) is 4.74 Å². The van der Waals surface area contributed by atoms with Gasteiger partial charge >= 0.3 is 0 Å². The largest absolute Gasteiger partial charge is 0.379 e. The molecule has 1 aromatic rings. The summed E-state index contributed by atoms with van der Waals surface area (Å²) in [4.78, 5) is 2.47. The van der Waals surface area contributed by atoms with Crippen molar-refractivity contribution in [1.29, 1.82) is 5.26 Å². The van der Waals surface area contributed by atoms with Crippen molar-refractivity contribution in [1.82, 2.24) is 4.90 Å². The van der Waals surface area contributed by atoms with Crippen LogP contribution >= 0.6 is 0 Å². The van der Waals surface area contributed by atoms with Gasteiger partial charge in [-0.15, -0.1) is 0 Å². The van der Waals surface area contributed by atoms with Crippen molar-refractivity contribution < 1.29 is 4.74 Å². The first-order chi connectivity index (χ1) is 8.63. The van der Waals surface area contributed by atoms with Crippen LogP contribution in [0, 0.1) is 18.3 Å². The van der Waals surface area contributed by atoms with Gasteiger partial charge in [0.15, 0.2) is 0 Å². The SMILES string of the molecule is Cc1cc(C#N)ccc1C(C)N1CCOC[C@@H]1C. The summed E-state index contributed by atoms with van der Waals surface area (Å²) in [5.74, 6) is 0. The summed E-state index contributed by atoms with van der Waals surface area (Å²) >= 11 is 0. The zero-order valence-electron chi connectivity index (χ0n) is 11.3. The third kappa shape index (κ3) is 2.55. The molecule has 1 unspecified atom stereocenters. The topological polar surface area (TPSA) is 36.3 Å². The molecule has 1 aliphatic rings. The predicted molar refractivity (Wildman–Crippen MR) is 71.3 cm³/mol. The third-order valence-electron chi connectivity index (χ3n) is 3.77. The van der Waals surface area contributed by atoms with Crippen molar-refractivity contribution in [2.45, 2.75) is 32.9 Å². The Morgan fingerprint density at radius 2 is 2.28 bits per heavy atom.